The van der Waals surface area contributed by atoms with Crippen molar-refractivity contribution in [3.63, 3.8) is 0 Å². The van der Waals surface area contributed by atoms with Crippen molar-refractivity contribution >= 4 is 0 Å². The van der Waals surface area contributed by atoms with Crippen LogP contribution in [0.3, 0.4) is 0 Å². The molecule has 2 radical (unpaired) electrons. The molecule has 1 saturated heterocycles. The highest BCUT2D eigenvalue weighted by molar-refractivity contribution is 4.63. The molecule has 1 fully saturated rings. The van der Waals surface area contributed by atoms with Gasteiger partial charge in [-0.3, -0.25) is 0 Å². The van der Waals surface area contributed by atoms with Crippen molar-refractivity contribution in [1.29, 1.82) is 0 Å². The number of rotatable bonds is 2. The Morgan fingerprint density at radius 1 is 1.50 bits per heavy atom. The van der Waals surface area contributed by atoms with Crippen LogP contribution in [0.5, 0.6) is 0 Å². The number of hydrogen-bond donors (Lipinski definition) is 0. The summed E-state index contributed by atoms with van der Waals surface area (Å²) in [6.07, 6.45) is -0.218. The van der Waals surface area contributed by atoms with Crippen LogP contribution in [0.2, 0.25) is 0 Å². The van der Waals surface area contributed by atoms with Crippen LogP contribution < -0.4 is 0 Å². The Balaban J connectivity index is 2.13. The number of hydrogen-bond acceptors (Lipinski definition) is 3. The lowest BCUT2D eigenvalue weighted by molar-refractivity contribution is -0.211. The minimum absolute atomic E-state index is 0.0214. The van der Waals surface area contributed by atoms with Gasteiger partial charge in [-0.2, -0.15) is 0 Å². The second-order valence-corrected chi connectivity index (χ2v) is 2.31. The Kier molecular flexibility index (Phi) is 3.12. The summed E-state index contributed by atoms with van der Waals surface area (Å²) in [7, 11) is 1.61. The second-order valence-electron chi connectivity index (χ2n) is 2.31. The van der Waals surface area contributed by atoms with E-state index >= 15 is 0 Å². The van der Waals surface area contributed by atoms with Gasteiger partial charge in [0.25, 0.3) is 0 Å². The molecule has 0 unspecified atom stereocenters. The zero-order valence-electron chi connectivity index (χ0n) is 6.08. The van der Waals surface area contributed by atoms with Crippen LogP contribution in [0.15, 0.2) is 0 Å². The summed E-state index contributed by atoms with van der Waals surface area (Å²) < 4.78 is 15.1. The highest BCUT2D eigenvalue weighted by Gasteiger charge is 2.18. The van der Waals surface area contributed by atoms with E-state index in [1.54, 1.807) is 7.11 Å². The van der Waals surface area contributed by atoms with E-state index < -0.39 is 0 Å². The lowest BCUT2D eigenvalue weighted by Crippen LogP contribution is -2.33. The topological polar surface area (TPSA) is 27.7 Å². The molecule has 1 aliphatic rings. The van der Waals surface area contributed by atoms with Crippen molar-refractivity contribution in [3.05, 3.63) is 6.92 Å². The third-order valence-electron chi connectivity index (χ3n) is 1.30. The van der Waals surface area contributed by atoms with E-state index in [0.717, 1.165) is 0 Å². The summed E-state index contributed by atoms with van der Waals surface area (Å²) >= 11 is 0. The lowest BCUT2D eigenvalue weighted by Gasteiger charge is -2.26. The Bertz CT molecular complexity index is 86.9. The van der Waals surface area contributed by atoms with Gasteiger partial charge in [-0.15, -0.1) is 0 Å². The number of methoxy groups -OCH3 is 1. The van der Waals surface area contributed by atoms with Gasteiger partial charge in [-0.25, -0.2) is 0 Å². The summed E-state index contributed by atoms with van der Waals surface area (Å²) in [6.45, 7) is 7.11. The van der Waals surface area contributed by atoms with Gasteiger partial charge in [0.05, 0.1) is 19.8 Å². The second kappa shape index (κ2) is 3.91. The maximum atomic E-state index is 5.50. The molecule has 0 bridgehead atoms. The van der Waals surface area contributed by atoms with Crippen LogP contribution in [0.25, 0.3) is 0 Å². The zero-order valence-corrected chi connectivity index (χ0v) is 6.08. The molecule has 0 aliphatic carbocycles. The van der Waals surface area contributed by atoms with Gasteiger partial charge in [0.15, 0.2) is 6.29 Å². The average molecular weight is 144 g/mol. The summed E-state index contributed by atoms with van der Waals surface area (Å²) in [5, 5.41) is 0. The highest BCUT2D eigenvalue weighted by Crippen LogP contribution is 2.09. The SMILES string of the molecule is [CH]C1COC(COC)OC1. The Hall–Kier alpha value is -0.120. The Morgan fingerprint density at radius 2 is 2.10 bits per heavy atom. The molecule has 3 nitrogen and oxygen atoms in total. The van der Waals surface area contributed by atoms with Crippen LogP contribution >= 0.6 is 0 Å². The molecule has 0 aromatic carbocycles. The molecule has 0 atom stereocenters. The molecule has 0 N–H and O–H groups in total. The quantitative estimate of drug-likeness (QED) is 0.559. The van der Waals surface area contributed by atoms with Crippen molar-refractivity contribution in [2.75, 3.05) is 26.9 Å². The molecule has 0 spiro atoms. The highest BCUT2D eigenvalue weighted by atomic mass is 16.7. The molecule has 0 aromatic rings. The third-order valence-corrected chi connectivity index (χ3v) is 1.30. The first-order chi connectivity index (χ1) is 4.83. The van der Waals surface area contributed by atoms with E-state index in [1.165, 1.54) is 0 Å². The Morgan fingerprint density at radius 3 is 2.60 bits per heavy atom. The van der Waals surface area contributed by atoms with Crippen LogP contribution in [0.1, 0.15) is 0 Å². The smallest absolute Gasteiger partial charge is 0.180 e. The standard InChI is InChI=1S/C7H12O3/c1-6-3-9-7(5-8-2)10-4-6/h1,6-7H,3-5H2,2H3. The first-order valence-electron chi connectivity index (χ1n) is 3.30. The molecule has 1 rings (SSSR count). The van der Waals surface area contributed by atoms with E-state index in [2.05, 4.69) is 0 Å². The van der Waals surface area contributed by atoms with Crippen molar-refractivity contribution in [1.82, 2.24) is 0 Å². The Labute approximate surface area is 61.3 Å². The largest absolute Gasteiger partial charge is 0.379 e. The fourth-order valence-electron chi connectivity index (χ4n) is 0.790. The molecule has 1 heterocycles. The van der Waals surface area contributed by atoms with Gasteiger partial charge in [-0.1, -0.05) is 0 Å². The summed E-state index contributed by atoms with van der Waals surface area (Å²) in [5.41, 5.74) is 0. The molecule has 0 amide bonds. The van der Waals surface area contributed by atoms with Crippen LogP contribution in [-0.4, -0.2) is 33.2 Å². The maximum absolute atomic E-state index is 5.50. The van der Waals surface area contributed by atoms with Gasteiger partial charge in [-0.05, 0) is 6.92 Å². The average Bonchev–Trinajstić information content (AvgIpc) is 1.95. The molecule has 10 heavy (non-hydrogen) atoms. The fourth-order valence-corrected chi connectivity index (χ4v) is 0.790. The zero-order chi connectivity index (χ0) is 7.40. The molecule has 1 aliphatic heterocycles. The summed E-state index contributed by atoms with van der Waals surface area (Å²) in [6, 6.07) is 0. The minimum atomic E-state index is -0.218. The van der Waals surface area contributed by atoms with E-state index in [1.807, 2.05) is 0 Å². The molecule has 3 heteroatoms. The van der Waals surface area contributed by atoms with Crippen LogP contribution in [-0.2, 0) is 14.2 Å². The molecular formula is C7H12O3. The van der Waals surface area contributed by atoms with Crippen molar-refractivity contribution in [3.8, 4) is 0 Å². The minimum Gasteiger partial charge on any atom is -0.379 e. The van der Waals surface area contributed by atoms with E-state index in [0.29, 0.717) is 19.8 Å². The van der Waals surface area contributed by atoms with E-state index in [-0.39, 0.29) is 12.2 Å². The van der Waals surface area contributed by atoms with Gasteiger partial charge in [0.2, 0.25) is 0 Å². The van der Waals surface area contributed by atoms with Gasteiger partial charge in [0, 0.05) is 13.0 Å². The fraction of sp³-hybridized carbons (Fsp3) is 0.857. The van der Waals surface area contributed by atoms with Crippen LogP contribution in [0, 0.1) is 12.8 Å². The molecular weight excluding hydrogens is 132 g/mol. The van der Waals surface area contributed by atoms with Gasteiger partial charge in [0.1, 0.15) is 0 Å². The molecule has 0 saturated carbocycles. The van der Waals surface area contributed by atoms with Gasteiger partial charge >= 0.3 is 0 Å². The van der Waals surface area contributed by atoms with Crippen LogP contribution in [0.4, 0.5) is 0 Å². The van der Waals surface area contributed by atoms with Crippen molar-refractivity contribution in [2.45, 2.75) is 6.29 Å². The molecule has 0 aromatic heterocycles. The van der Waals surface area contributed by atoms with Crippen molar-refractivity contribution < 1.29 is 14.2 Å². The maximum Gasteiger partial charge on any atom is 0.180 e. The first-order valence-corrected chi connectivity index (χ1v) is 3.30. The summed E-state index contributed by atoms with van der Waals surface area (Å²) in [4.78, 5) is 0. The van der Waals surface area contributed by atoms with E-state index in [4.69, 9.17) is 21.1 Å². The predicted octanol–water partition coefficient (Wildman–Crippen LogP) is 0.333. The van der Waals surface area contributed by atoms with Gasteiger partial charge < -0.3 is 14.2 Å². The monoisotopic (exact) mass is 144 g/mol. The summed E-state index contributed by atoms with van der Waals surface area (Å²) in [5.74, 6) is 0.0214. The predicted molar refractivity (Wildman–Crippen MR) is 35.4 cm³/mol. The molecule has 58 valence electrons. The van der Waals surface area contributed by atoms with E-state index in [9.17, 15) is 0 Å². The number of ether oxygens (including phenoxy) is 3. The normalized spacial score (nSPS) is 34.2. The third kappa shape index (κ3) is 2.25. The lowest BCUT2D eigenvalue weighted by atomic mass is 10.2. The first kappa shape index (κ1) is 7.98. The van der Waals surface area contributed by atoms with Crippen molar-refractivity contribution in [2.24, 2.45) is 5.92 Å².